The zero-order valence-corrected chi connectivity index (χ0v) is 13.5. The number of benzene rings is 1. The Morgan fingerprint density at radius 1 is 1.32 bits per heavy atom. The first-order chi connectivity index (χ1) is 10.5. The number of amides is 1. The zero-order chi connectivity index (χ0) is 15.7. The topological polar surface area (TPSA) is 59.1 Å². The molecule has 1 aliphatic rings. The molecule has 3 rings (SSSR count). The first-order valence-electron chi connectivity index (χ1n) is 7.37. The van der Waals surface area contributed by atoms with Crippen LogP contribution in [0.3, 0.4) is 0 Å². The number of carbonyl (C=O) groups is 2. The Hall–Kier alpha value is -2.01. The van der Waals surface area contributed by atoms with Crippen LogP contribution in [0.5, 0.6) is 0 Å². The molecular weight excluding hydrogens is 296 g/mol. The summed E-state index contributed by atoms with van der Waals surface area (Å²) in [5.41, 5.74) is 2.20. The van der Waals surface area contributed by atoms with E-state index in [-0.39, 0.29) is 11.7 Å². The number of anilines is 1. The van der Waals surface area contributed by atoms with Gasteiger partial charge in [-0.15, -0.1) is 11.3 Å². The van der Waals surface area contributed by atoms with Gasteiger partial charge in [0.1, 0.15) is 5.69 Å². The van der Waals surface area contributed by atoms with Crippen molar-refractivity contribution in [1.29, 1.82) is 0 Å². The molecule has 1 amide bonds. The van der Waals surface area contributed by atoms with Crippen LogP contribution in [-0.4, -0.2) is 16.7 Å². The second kappa shape index (κ2) is 5.65. The second-order valence-electron chi connectivity index (χ2n) is 5.89. The van der Waals surface area contributed by atoms with Crippen LogP contribution >= 0.6 is 11.3 Å². The smallest absolute Gasteiger partial charge is 0.236 e. The van der Waals surface area contributed by atoms with Crippen molar-refractivity contribution in [3.05, 3.63) is 46.5 Å². The quantitative estimate of drug-likeness (QED) is 0.881. The van der Waals surface area contributed by atoms with Crippen LogP contribution in [0.1, 0.15) is 48.3 Å². The highest BCUT2D eigenvalue weighted by Gasteiger charge is 2.39. The molecule has 0 fully saturated rings. The number of hydrogen-bond acceptors (Lipinski definition) is 4. The third-order valence-corrected chi connectivity index (χ3v) is 5.08. The molecule has 0 saturated carbocycles. The first kappa shape index (κ1) is 14.9. The van der Waals surface area contributed by atoms with E-state index in [1.165, 1.54) is 23.8 Å². The number of Topliss-reactive ketones (excluding diaryl/α,β-unsaturated/α-hetero) is 1. The molecule has 1 aliphatic carbocycles. The number of ketones is 1. The van der Waals surface area contributed by atoms with Crippen molar-refractivity contribution in [1.82, 2.24) is 4.98 Å². The van der Waals surface area contributed by atoms with Gasteiger partial charge in [0, 0.05) is 12.3 Å². The number of hydrogen-bond donors (Lipinski definition) is 1. The first-order valence-corrected chi connectivity index (χ1v) is 8.25. The Bertz CT molecular complexity index is 738. The minimum absolute atomic E-state index is 0.0518. The van der Waals surface area contributed by atoms with Crippen LogP contribution in [-0.2, 0) is 16.6 Å². The van der Waals surface area contributed by atoms with Crippen molar-refractivity contribution >= 4 is 28.2 Å². The van der Waals surface area contributed by atoms with Gasteiger partial charge in [0.15, 0.2) is 10.9 Å². The van der Waals surface area contributed by atoms with Gasteiger partial charge in [0.25, 0.3) is 0 Å². The number of aryl methyl sites for hydroxylation is 1. The number of fused-ring (bicyclic) bond motifs is 1. The molecule has 0 bridgehead atoms. The normalized spacial score (nSPS) is 20.3. The molecule has 1 aromatic carbocycles. The molecule has 1 unspecified atom stereocenters. The summed E-state index contributed by atoms with van der Waals surface area (Å²) < 4.78 is 0. The van der Waals surface area contributed by atoms with Gasteiger partial charge < -0.3 is 5.32 Å². The zero-order valence-electron chi connectivity index (χ0n) is 12.7. The number of thiazole rings is 1. The van der Waals surface area contributed by atoms with E-state index < -0.39 is 5.41 Å². The summed E-state index contributed by atoms with van der Waals surface area (Å²) >= 11 is 1.29. The molecule has 0 radical (unpaired) electrons. The molecule has 2 aromatic rings. The summed E-state index contributed by atoms with van der Waals surface area (Å²) in [4.78, 5) is 28.3. The Kier molecular flexibility index (Phi) is 3.83. The van der Waals surface area contributed by atoms with E-state index in [4.69, 9.17) is 0 Å². The number of rotatable bonds is 3. The predicted molar refractivity (Wildman–Crippen MR) is 87.5 cm³/mol. The summed E-state index contributed by atoms with van der Waals surface area (Å²) in [5, 5.41) is 5.05. The van der Waals surface area contributed by atoms with Gasteiger partial charge in [-0.2, -0.15) is 0 Å². The molecule has 0 saturated heterocycles. The highest BCUT2D eigenvalue weighted by molar-refractivity contribution is 7.14. The lowest BCUT2D eigenvalue weighted by Crippen LogP contribution is -2.40. The molecule has 22 heavy (non-hydrogen) atoms. The van der Waals surface area contributed by atoms with E-state index in [1.807, 2.05) is 25.1 Å². The highest BCUT2D eigenvalue weighted by atomic mass is 32.1. The highest BCUT2D eigenvalue weighted by Crippen LogP contribution is 2.38. The lowest BCUT2D eigenvalue weighted by molar-refractivity contribution is -0.121. The summed E-state index contributed by atoms with van der Waals surface area (Å²) in [7, 11) is 0. The van der Waals surface area contributed by atoms with Gasteiger partial charge in [-0.1, -0.05) is 24.3 Å². The summed E-state index contributed by atoms with van der Waals surface area (Å²) in [6.45, 7) is 3.46. The van der Waals surface area contributed by atoms with Crippen LogP contribution in [0.4, 0.5) is 5.13 Å². The maximum atomic E-state index is 12.8. The number of aromatic nitrogens is 1. The van der Waals surface area contributed by atoms with Gasteiger partial charge in [-0.3, -0.25) is 9.59 Å². The van der Waals surface area contributed by atoms with Gasteiger partial charge in [-0.05, 0) is 37.3 Å². The predicted octanol–water partition coefficient (Wildman–Crippen LogP) is 3.58. The molecule has 0 aliphatic heterocycles. The van der Waals surface area contributed by atoms with Crippen molar-refractivity contribution in [2.45, 2.75) is 38.5 Å². The van der Waals surface area contributed by atoms with Crippen LogP contribution in [0, 0.1) is 0 Å². The molecule has 1 aromatic heterocycles. The minimum Gasteiger partial charge on any atom is -0.301 e. The summed E-state index contributed by atoms with van der Waals surface area (Å²) in [5.74, 6) is -0.143. The van der Waals surface area contributed by atoms with Crippen molar-refractivity contribution in [3.63, 3.8) is 0 Å². The second-order valence-corrected chi connectivity index (χ2v) is 6.75. The molecule has 0 spiro atoms. The van der Waals surface area contributed by atoms with E-state index in [2.05, 4.69) is 16.4 Å². The summed E-state index contributed by atoms with van der Waals surface area (Å²) in [6, 6.07) is 8.13. The number of nitrogens with one attached hydrogen (secondary N) is 1. The molecule has 1 N–H and O–H groups in total. The Balaban J connectivity index is 1.87. The fraction of sp³-hybridized carbons (Fsp3) is 0.353. The largest absolute Gasteiger partial charge is 0.301 e. The van der Waals surface area contributed by atoms with E-state index in [0.29, 0.717) is 10.8 Å². The lowest BCUT2D eigenvalue weighted by atomic mass is 9.71. The fourth-order valence-electron chi connectivity index (χ4n) is 3.01. The fourth-order valence-corrected chi connectivity index (χ4v) is 3.75. The molecule has 5 heteroatoms. The number of carbonyl (C=O) groups excluding carboxylic acids is 2. The average molecular weight is 314 g/mol. The molecular formula is C17H18N2O2S. The Labute approximate surface area is 133 Å². The van der Waals surface area contributed by atoms with E-state index >= 15 is 0 Å². The molecule has 4 nitrogen and oxygen atoms in total. The maximum absolute atomic E-state index is 12.8. The monoisotopic (exact) mass is 314 g/mol. The van der Waals surface area contributed by atoms with Gasteiger partial charge in [-0.25, -0.2) is 4.98 Å². The average Bonchev–Trinajstić information content (AvgIpc) is 2.96. The van der Waals surface area contributed by atoms with Crippen molar-refractivity contribution in [2.24, 2.45) is 0 Å². The number of nitrogens with zero attached hydrogens (tertiary/aromatic N) is 1. The third-order valence-electron chi connectivity index (χ3n) is 4.32. The van der Waals surface area contributed by atoms with Crippen molar-refractivity contribution < 1.29 is 9.59 Å². The van der Waals surface area contributed by atoms with Crippen LogP contribution in [0.15, 0.2) is 29.6 Å². The van der Waals surface area contributed by atoms with Crippen molar-refractivity contribution in [3.8, 4) is 0 Å². The van der Waals surface area contributed by atoms with Crippen molar-refractivity contribution in [2.75, 3.05) is 5.32 Å². The van der Waals surface area contributed by atoms with Crippen LogP contribution in [0.2, 0.25) is 0 Å². The van der Waals surface area contributed by atoms with E-state index in [0.717, 1.165) is 24.8 Å². The summed E-state index contributed by atoms with van der Waals surface area (Å²) in [6.07, 6.45) is 2.84. The minimum atomic E-state index is -0.545. The molecule has 1 atom stereocenters. The Morgan fingerprint density at radius 3 is 2.82 bits per heavy atom. The third kappa shape index (κ3) is 2.57. The maximum Gasteiger partial charge on any atom is 0.236 e. The van der Waals surface area contributed by atoms with Gasteiger partial charge in [0.2, 0.25) is 5.91 Å². The molecule has 1 heterocycles. The lowest BCUT2D eigenvalue weighted by Gasteiger charge is -2.34. The SMILES string of the molecule is CC(=O)c1csc(NC(=O)C2(C)CCCc3ccccc32)n1. The standard InChI is InChI=1S/C17H18N2O2S/c1-11(20)14-10-22-16(18-14)19-15(21)17(2)9-5-7-12-6-3-4-8-13(12)17/h3-4,6,8,10H,5,7,9H2,1-2H3,(H,18,19,21). The van der Waals surface area contributed by atoms with Crippen LogP contribution in [0.25, 0.3) is 0 Å². The van der Waals surface area contributed by atoms with E-state index in [9.17, 15) is 9.59 Å². The van der Waals surface area contributed by atoms with Gasteiger partial charge in [0.05, 0.1) is 5.41 Å². The van der Waals surface area contributed by atoms with Crippen LogP contribution < -0.4 is 5.32 Å². The molecule has 114 valence electrons. The van der Waals surface area contributed by atoms with E-state index in [1.54, 1.807) is 5.38 Å². The van der Waals surface area contributed by atoms with Gasteiger partial charge >= 0.3 is 0 Å². The Morgan fingerprint density at radius 2 is 2.09 bits per heavy atom.